The van der Waals surface area contributed by atoms with Gasteiger partial charge in [0.1, 0.15) is 0 Å². The molecular formula is C9H18OS. The van der Waals surface area contributed by atoms with Gasteiger partial charge in [0.2, 0.25) is 0 Å². The summed E-state index contributed by atoms with van der Waals surface area (Å²) in [6.07, 6.45) is 2.56. The summed E-state index contributed by atoms with van der Waals surface area (Å²) in [6.45, 7) is 4.80. The molecule has 0 amide bonds. The molecule has 0 radical (unpaired) electrons. The third-order valence-electron chi connectivity index (χ3n) is 2.26. The summed E-state index contributed by atoms with van der Waals surface area (Å²) in [4.78, 5) is 0. The Balaban J connectivity index is 2.17. The van der Waals surface area contributed by atoms with Gasteiger partial charge in [-0.2, -0.15) is 11.8 Å². The molecule has 3 atom stereocenters. The van der Waals surface area contributed by atoms with Crippen molar-refractivity contribution in [1.29, 1.82) is 0 Å². The fourth-order valence-electron chi connectivity index (χ4n) is 1.57. The Kier molecular flexibility index (Phi) is 3.73. The molecule has 1 fully saturated rings. The van der Waals surface area contributed by atoms with Crippen molar-refractivity contribution >= 4 is 11.8 Å². The molecule has 0 aliphatic carbocycles. The average molecular weight is 174 g/mol. The summed E-state index contributed by atoms with van der Waals surface area (Å²) in [5, 5.41) is 9.68. The van der Waals surface area contributed by atoms with Crippen LogP contribution in [0.25, 0.3) is 0 Å². The quantitative estimate of drug-likeness (QED) is 0.707. The maximum absolute atomic E-state index is 8.85. The Bertz CT molecular complexity index is 116. The van der Waals surface area contributed by atoms with E-state index in [-0.39, 0.29) is 0 Å². The highest BCUT2D eigenvalue weighted by molar-refractivity contribution is 8.00. The second-order valence-electron chi connectivity index (χ2n) is 3.82. The predicted octanol–water partition coefficient (Wildman–Crippen LogP) is 2.15. The van der Waals surface area contributed by atoms with Crippen molar-refractivity contribution in [2.24, 2.45) is 11.8 Å². The van der Waals surface area contributed by atoms with Crippen LogP contribution in [0.4, 0.5) is 0 Å². The Hall–Kier alpha value is 0.310. The minimum absolute atomic E-state index is 0.353. The van der Waals surface area contributed by atoms with Crippen LogP contribution in [0, 0.1) is 11.8 Å². The van der Waals surface area contributed by atoms with Gasteiger partial charge < -0.3 is 5.11 Å². The maximum Gasteiger partial charge on any atom is 0.0457 e. The summed E-state index contributed by atoms with van der Waals surface area (Å²) >= 11 is 2.08. The molecule has 0 bridgehead atoms. The monoisotopic (exact) mass is 174 g/mol. The van der Waals surface area contributed by atoms with Gasteiger partial charge in [-0.3, -0.25) is 0 Å². The molecular weight excluding hydrogens is 156 g/mol. The van der Waals surface area contributed by atoms with Crippen LogP contribution >= 0.6 is 11.8 Å². The van der Waals surface area contributed by atoms with Gasteiger partial charge in [-0.05, 0) is 30.4 Å². The predicted molar refractivity (Wildman–Crippen MR) is 50.9 cm³/mol. The van der Waals surface area contributed by atoms with Crippen molar-refractivity contribution in [3.63, 3.8) is 0 Å². The number of hydrogen-bond acceptors (Lipinski definition) is 2. The second kappa shape index (κ2) is 4.36. The van der Waals surface area contributed by atoms with Crippen LogP contribution in [0.15, 0.2) is 0 Å². The Morgan fingerprint density at radius 3 is 2.82 bits per heavy atom. The van der Waals surface area contributed by atoms with Crippen molar-refractivity contribution in [3.05, 3.63) is 0 Å². The first kappa shape index (κ1) is 9.40. The van der Waals surface area contributed by atoms with Crippen molar-refractivity contribution in [2.75, 3.05) is 12.4 Å². The smallest absolute Gasteiger partial charge is 0.0457 e. The molecule has 0 saturated carbocycles. The first-order chi connectivity index (χ1) is 5.22. The van der Waals surface area contributed by atoms with Crippen LogP contribution in [0.2, 0.25) is 0 Å². The van der Waals surface area contributed by atoms with E-state index in [1.54, 1.807) is 0 Å². The maximum atomic E-state index is 8.85. The lowest BCUT2D eigenvalue weighted by molar-refractivity contribution is 0.228. The Labute approximate surface area is 73.6 Å². The highest BCUT2D eigenvalue weighted by atomic mass is 32.2. The van der Waals surface area contributed by atoms with Gasteiger partial charge in [0.25, 0.3) is 0 Å². The SMILES string of the molecule is CC(CO)CC1CC(C)CS1. The van der Waals surface area contributed by atoms with Gasteiger partial charge in [0, 0.05) is 11.9 Å². The van der Waals surface area contributed by atoms with E-state index in [0.29, 0.717) is 12.5 Å². The molecule has 1 heterocycles. The summed E-state index contributed by atoms with van der Waals surface area (Å²) < 4.78 is 0. The van der Waals surface area contributed by atoms with Crippen LogP contribution in [0.5, 0.6) is 0 Å². The van der Waals surface area contributed by atoms with Crippen LogP contribution < -0.4 is 0 Å². The highest BCUT2D eigenvalue weighted by Gasteiger charge is 2.22. The highest BCUT2D eigenvalue weighted by Crippen LogP contribution is 2.34. The van der Waals surface area contributed by atoms with Crippen LogP contribution in [-0.2, 0) is 0 Å². The summed E-state index contributed by atoms with van der Waals surface area (Å²) in [5.41, 5.74) is 0. The molecule has 0 spiro atoms. The lowest BCUT2D eigenvalue weighted by Crippen LogP contribution is -2.09. The number of aliphatic hydroxyl groups excluding tert-OH is 1. The third kappa shape index (κ3) is 3.04. The molecule has 3 unspecified atom stereocenters. The zero-order valence-corrected chi connectivity index (χ0v) is 8.23. The van der Waals surface area contributed by atoms with E-state index in [1.165, 1.54) is 18.6 Å². The first-order valence-corrected chi connectivity index (χ1v) is 5.49. The van der Waals surface area contributed by atoms with Gasteiger partial charge in [0.15, 0.2) is 0 Å². The molecule has 2 heteroatoms. The van der Waals surface area contributed by atoms with Gasteiger partial charge >= 0.3 is 0 Å². The van der Waals surface area contributed by atoms with Crippen LogP contribution in [0.3, 0.4) is 0 Å². The molecule has 0 aromatic heterocycles. The van der Waals surface area contributed by atoms with Crippen LogP contribution in [-0.4, -0.2) is 22.7 Å². The number of hydrogen-bond donors (Lipinski definition) is 1. The van der Waals surface area contributed by atoms with Crippen LogP contribution in [0.1, 0.15) is 26.7 Å². The van der Waals surface area contributed by atoms with Crippen molar-refractivity contribution < 1.29 is 5.11 Å². The molecule has 1 aliphatic rings. The summed E-state index contributed by atoms with van der Waals surface area (Å²) in [5.74, 6) is 2.72. The van der Waals surface area contributed by atoms with E-state index in [0.717, 1.165) is 11.2 Å². The van der Waals surface area contributed by atoms with Gasteiger partial charge in [-0.15, -0.1) is 0 Å². The molecule has 0 aromatic rings. The normalized spacial score (nSPS) is 34.1. The fraction of sp³-hybridized carbons (Fsp3) is 1.00. The van der Waals surface area contributed by atoms with E-state index >= 15 is 0 Å². The first-order valence-electron chi connectivity index (χ1n) is 4.44. The zero-order chi connectivity index (χ0) is 8.27. The Morgan fingerprint density at radius 1 is 1.64 bits per heavy atom. The van der Waals surface area contributed by atoms with Crippen molar-refractivity contribution in [2.45, 2.75) is 31.9 Å². The number of rotatable bonds is 3. The molecule has 1 rings (SSSR count). The average Bonchev–Trinajstić information content (AvgIpc) is 2.35. The molecule has 1 aliphatic heterocycles. The lowest BCUT2D eigenvalue weighted by Gasteiger charge is -2.12. The number of aliphatic hydroxyl groups is 1. The number of thioether (sulfide) groups is 1. The van der Waals surface area contributed by atoms with Crippen molar-refractivity contribution in [3.8, 4) is 0 Å². The minimum atomic E-state index is 0.353. The Morgan fingerprint density at radius 2 is 2.36 bits per heavy atom. The van der Waals surface area contributed by atoms with Gasteiger partial charge in [-0.25, -0.2) is 0 Å². The summed E-state index contributed by atoms with van der Waals surface area (Å²) in [7, 11) is 0. The second-order valence-corrected chi connectivity index (χ2v) is 5.15. The topological polar surface area (TPSA) is 20.2 Å². The molecule has 1 nitrogen and oxygen atoms in total. The molecule has 11 heavy (non-hydrogen) atoms. The summed E-state index contributed by atoms with van der Waals surface area (Å²) in [6, 6.07) is 0. The van der Waals surface area contributed by atoms with E-state index in [4.69, 9.17) is 5.11 Å². The van der Waals surface area contributed by atoms with E-state index < -0.39 is 0 Å². The van der Waals surface area contributed by atoms with E-state index in [1.807, 2.05) is 0 Å². The minimum Gasteiger partial charge on any atom is -0.396 e. The largest absolute Gasteiger partial charge is 0.396 e. The molecule has 1 N–H and O–H groups in total. The standard InChI is InChI=1S/C9H18OS/c1-7(5-10)3-9-4-8(2)6-11-9/h7-10H,3-6H2,1-2H3. The van der Waals surface area contributed by atoms with Gasteiger partial charge in [0.05, 0.1) is 0 Å². The lowest BCUT2D eigenvalue weighted by atomic mass is 10.0. The fourth-order valence-corrected chi connectivity index (χ4v) is 3.24. The zero-order valence-electron chi connectivity index (χ0n) is 7.42. The van der Waals surface area contributed by atoms with E-state index in [2.05, 4.69) is 25.6 Å². The third-order valence-corrected chi connectivity index (χ3v) is 3.88. The van der Waals surface area contributed by atoms with Crippen molar-refractivity contribution in [1.82, 2.24) is 0 Å². The molecule has 0 aromatic carbocycles. The molecule has 1 saturated heterocycles. The van der Waals surface area contributed by atoms with Gasteiger partial charge in [-0.1, -0.05) is 13.8 Å². The van der Waals surface area contributed by atoms with E-state index in [9.17, 15) is 0 Å². The molecule has 66 valence electrons.